The molecule has 1 aromatic rings. The van der Waals surface area contributed by atoms with Crippen LogP contribution in [0.3, 0.4) is 0 Å². The molecule has 5 heteroatoms. The van der Waals surface area contributed by atoms with E-state index in [4.69, 9.17) is 11.6 Å². The van der Waals surface area contributed by atoms with Gasteiger partial charge in [-0.1, -0.05) is 17.7 Å². The van der Waals surface area contributed by atoms with Crippen LogP contribution in [0.1, 0.15) is 0 Å². The van der Waals surface area contributed by atoms with Crippen LogP contribution in [-0.2, 0) is 10.1 Å². The molecule has 0 aliphatic carbocycles. The van der Waals surface area contributed by atoms with Crippen LogP contribution in [0.2, 0.25) is 5.02 Å². The molecule has 0 aliphatic heterocycles. The topological polar surface area (TPSA) is 43.4 Å². The highest BCUT2D eigenvalue weighted by Crippen LogP contribution is 2.23. The Morgan fingerprint density at radius 2 is 2.25 bits per heavy atom. The van der Waals surface area contributed by atoms with E-state index in [1.807, 2.05) is 0 Å². The summed E-state index contributed by atoms with van der Waals surface area (Å²) >= 11 is 5.62. The zero-order chi connectivity index (χ0) is 9.19. The van der Waals surface area contributed by atoms with Gasteiger partial charge in [0.25, 0.3) is 0 Å². The predicted octanol–water partition coefficient (Wildman–Crippen LogP) is 1.48. The standard InChI is InChI=1S/C7H6ClO3S/c1-12(9,10)11-7-5-3-2-4-6(7)8/h2,4-5H,1H3. The molecule has 0 heterocycles. The van der Waals surface area contributed by atoms with Crippen LogP contribution in [0.4, 0.5) is 0 Å². The zero-order valence-corrected chi connectivity index (χ0v) is 7.82. The van der Waals surface area contributed by atoms with Crippen molar-refractivity contribution in [1.29, 1.82) is 0 Å². The maximum atomic E-state index is 10.7. The number of halogens is 1. The first-order valence-corrected chi connectivity index (χ1v) is 5.23. The zero-order valence-electron chi connectivity index (χ0n) is 6.24. The van der Waals surface area contributed by atoms with E-state index in [0.717, 1.165) is 6.26 Å². The minimum atomic E-state index is -3.50. The number of rotatable bonds is 2. The summed E-state index contributed by atoms with van der Waals surface area (Å²) in [4.78, 5) is 0. The lowest BCUT2D eigenvalue weighted by atomic mass is 10.3. The maximum Gasteiger partial charge on any atom is 0.306 e. The second kappa shape index (κ2) is 3.33. The van der Waals surface area contributed by atoms with Gasteiger partial charge in [0.2, 0.25) is 0 Å². The first-order valence-electron chi connectivity index (χ1n) is 3.04. The van der Waals surface area contributed by atoms with E-state index in [2.05, 4.69) is 10.2 Å². The van der Waals surface area contributed by atoms with Crippen molar-refractivity contribution in [1.82, 2.24) is 0 Å². The molecule has 65 valence electrons. The quantitative estimate of drug-likeness (QED) is 0.687. The summed E-state index contributed by atoms with van der Waals surface area (Å²) in [5.74, 6) is 0.0988. The Hall–Kier alpha value is -0.740. The molecule has 1 aromatic carbocycles. The van der Waals surface area contributed by atoms with E-state index in [0.29, 0.717) is 0 Å². The fourth-order valence-corrected chi connectivity index (χ4v) is 1.29. The Morgan fingerprint density at radius 1 is 1.58 bits per heavy atom. The predicted molar refractivity (Wildman–Crippen MR) is 45.8 cm³/mol. The summed E-state index contributed by atoms with van der Waals surface area (Å²) < 4.78 is 25.9. The molecular formula is C7H6ClO3S. The molecule has 0 saturated carbocycles. The van der Waals surface area contributed by atoms with Crippen LogP contribution < -0.4 is 4.18 Å². The van der Waals surface area contributed by atoms with Crippen molar-refractivity contribution in [3.8, 4) is 5.75 Å². The van der Waals surface area contributed by atoms with Crippen molar-refractivity contribution in [3.63, 3.8) is 0 Å². The summed E-state index contributed by atoms with van der Waals surface area (Å²) in [5, 5.41) is 0.249. The van der Waals surface area contributed by atoms with Crippen LogP contribution in [0.25, 0.3) is 0 Å². The molecule has 12 heavy (non-hydrogen) atoms. The third kappa shape index (κ3) is 2.71. The van der Waals surface area contributed by atoms with Gasteiger partial charge in [-0.05, 0) is 18.2 Å². The van der Waals surface area contributed by atoms with Crippen LogP contribution in [0.15, 0.2) is 18.2 Å². The van der Waals surface area contributed by atoms with Crippen molar-refractivity contribution < 1.29 is 12.6 Å². The van der Waals surface area contributed by atoms with E-state index in [1.54, 1.807) is 6.07 Å². The second-order valence-corrected chi connectivity index (χ2v) is 4.13. The lowest BCUT2D eigenvalue weighted by Crippen LogP contribution is -2.05. The summed E-state index contributed by atoms with van der Waals surface area (Å²) in [6.07, 6.45) is 0.955. The summed E-state index contributed by atoms with van der Waals surface area (Å²) in [6.45, 7) is 0. The molecule has 0 atom stereocenters. The summed E-state index contributed by atoms with van der Waals surface area (Å²) in [7, 11) is -3.50. The van der Waals surface area contributed by atoms with E-state index in [-0.39, 0.29) is 10.8 Å². The van der Waals surface area contributed by atoms with Gasteiger partial charge in [0.05, 0.1) is 11.3 Å². The van der Waals surface area contributed by atoms with Gasteiger partial charge in [-0.3, -0.25) is 0 Å². The molecule has 0 fully saturated rings. The molecule has 3 nitrogen and oxygen atoms in total. The highest BCUT2D eigenvalue weighted by molar-refractivity contribution is 7.86. The highest BCUT2D eigenvalue weighted by Gasteiger charge is 2.06. The molecular weight excluding hydrogens is 200 g/mol. The minimum absolute atomic E-state index is 0.0988. The summed E-state index contributed by atoms with van der Waals surface area (Å²) in [6, 6.07) is 7.08. The fraction of sp³-hybridized carbons (Fsp3) is 0.143. The monoisotopic (exact) mass is 205 g/mol. The number of hydrogen-bond acceptors (Lipinski definition) is 3. The normalized spacial score (nSPS) is 11.2. The van der Waals surface area contributed by atoms with E-state index in [1.165, 1.54) is 12.1 Å². The number of benzene rings is 1. The Kier molecular flexibility index (Phi) is 2.59. The first-order chi connectivity index (χ1) is 5.49. The molecule has 0 aromatic heterocycles. The molecule has 0 amide bonds. The largest absolute Gasteiger partial charge is 0.381 e. The SMILES string of the molecule is CS(=O)(=O)Oc1c[c]ccc1Cl. The van der Waals surface area contributed by atoms with E-state index < -0.39 is 10.1 Å². The summed E-state index contributed by atoms with van der Waals surface area (Å²) in [5.41, 5.74) is 0. The van der Waals surface area contributed by atoms with Crippen molar-refractivity contribution in [2.24, 2.45) is 0 Å². The highest BCUT2D eigenvalue weighted by atomic mass is 35.5. The van der Waals surface area contributed by atoms with Gasteiger partial charge in [-0.25, -0.2) is 0 Å². The van der Waals surface area contributed by atoms with Gasteiger partial charge >= 0.3 is 10.1 Å². The van der Waals surface area contributed by atoms with Crippen LogP contribution >= 0.6 is 11.6 Å². The van der Waals surface area contributed by atoms with Crippen molar-refractivity contribution in [2.45, 2.75) is 0 Å². The average Bonchev–Trinajstić information content (AvgIpc) is 1.91. The number of hydrogen-bond donors (Lipinski definition) is 0. The molecule has 0 unspecified atom stereocenters. The molecule has 0 saturated heterocycles. The minimum Gasteiger partial charge on any atom is -0.381 e. The third-order valence-electron chi connectivity index (χ3n) is 1.02. The second-order valence-electron chi connectivity index (χ2n) is 2.14. The maximum absolute atomic E-state index is 10.7. The van der Waals surface area contributed by atoms with Gasteiger partial charge < -0.3 is 4.18 Å². The van der Waals surface area contributed by atoms with Crippen molar-refractivity contribution in [2.75, 3.05) is 6.26 Å². The van der Waals surface area contributed by atoms with Crippen LogP contribution in [-0.4, -0.2) is 14.7 Å². The molecule has 0 bridgehead atoms. The lowest BCUT2D eigenvalue weighted by Gasteiger charge is -2.02. The van der Waals surface area contributed by atoms with Crippen LogP contribution in [0.5, 0.6) is 5.75 Å². The van der Waals surface area contributed by atoms with Gasteiger partial charge in [-0.15, -0.1) is 0 Å². The molecule has 1 rings (SSSR count). The fourth-order valence-electron chi connectivity index (χ4n) is 0.623. The van der Waals surface area contributed by atoms with E-state index >= 15 is 0 Å². The smallest absolute Gasteiger partial charge is 0.306 e. The van der Waals surface area contributed by atoms with Crippen molar-refractivity contribution in [3.05, 3.63) is 29.3 Å². The van der Waals surface area contributed by atoms with Gasteiger partial charge in [0.1, 0.15) is 0 Å². The lowest BCUT2D eigenvalue weighted by molar-refractivity contribution is 0.493. The van der Waals surface area contributed by atoms with Gasteiger partial charge in [0.15, 0.2) is 5.75 Å². The molecule has 1 radical (unpaired) electrons. The van der Waals surface area contributed by atoms with E-state index in [9.17, 15) is 8.42 Å². The molecule has 0 N–H and O–H groups in total. The average molecular weight is 206 g/mol. The Balaban J connectivity index is 2.98. The van der Waals surface area contributed by atoms with Gasteiger partial charge in [-0.2, -0.15) is 8.42 Å². The third-order valence-corrected chi connectivity index (χ3v) is 1.81. The Labute approximate surface area is 76.0 Å². The van der Waals surface area contributed by atoms with Crippen LogP contribution in [0, 0.1) is 6.07 Å². The Bertz CT molecular complexity index is 372. The van der Waals surface area contributed by atoms with Gasteiger partial charge in [0, 0.05) is 0 Å². The Morgan fingerprint density at radius 3 is 2.75 bits per heavy atom. The molecule has 0 spiro atoms. The molecule has 0 aliphatic rings. The van der Waals surface area contributed by atoms with Crippen molar-refractivity contribution >= 4 is 21.7 Å². The first kappa shape index (κ1) is 9.35.